The fourth-order valence-electron chi connectivity index (χ4n) is 1.70. The zero-order valence-corrected chi connectivity index (χ0v) is 11.3. The summed E-state index contributed by atoms with van der Waals surface area (Å²) in [4.78, 5) is 21.6. The minimum absolute atomic E-state index is 0.272. The Morgan fingerprint density at radius 2 is 1.37 bits per heavy atom. The summed E-state index contributed by atoms with van der Waals surface area (Å²) in [6.45, 7) is 0. The summed E-state index contributed by atoms with van der Waals surface area (Å²) in [6, 6.07) is 0. The Kier molecular flexibility index (Phi) is 6.89. The summed E-state index contributed by atoms with van der Waals surface area (Å²) in [5, 5.41) is 0. The smallest absolute Gasteiger partial charge is 0.330 e. The topological polar surface area (TPSA) is 65.1 Å². The van der Waals surface area contributed by atoms with E-state index < -0.39 is 0 Å². The third-order valence-corrected chi connectivity index (χ3v) is 2.83. The van der Waals surface area contributed by atoms with Gasteiger partial charge in [0.25, 0.3) is 0 Å². The van der Waals surface area contributed by atoms with E-state index >= 15 is 0 Å². The van der Waals surface area contributed by atoms with Crippen LogP contribution in [0.2, 0.25) is 0 Å². The zero-order chi connectivity index (χ0) is 14.1. The molecule has 2 atom stereocenters. The molecule has 1 fully saturated rings. The molecule has 1 heterocycles. The van der Waals surface area contributed by atoms with Gasteiger partial charge in [0.1, 0.15) is 0 Å². The van der Waals surface area contributed by atoms with E-state index in [1.807, 2.05) is 0 Å². The van der Waals surface area contributed by atoms with Gasteiger partial charge in [0.05, 0.1) is 26.4 Å². The van der Waals surface area contributed by atoms with Crippen molar-refractivity contribution >= 4 is 11.9 Å². The first kappa shape index (κ1) is 15.4. The number of hydrogen-bond donors (Lipinski definition) is 0. The molecule has 0 amide bonds. The maximum absolute atomic E-state index is 10.8. The van der Waals surface area contributed by atoms with Crippen molar-refractivity contribution in [3.8, 4) is 0 Å². The highest BCUT2D eigenvalue weighted by Gasteiger charge is 2.36. The number of methoxy groups -OCH3 is 2. The van der Waals surface area contributed by atoms with Gasteiger partial charge in [0.15, 0.2) is 0 Å². The summed E-state index contributed by atoms with van der Waals surface area (Å²) in [6.07, 6.45) is 10.4. The lowest BCUT2D eigenvalue weighted by molar-refractivity contribution is -0.135. The molecule has 0 spiro atoms. The van der Waals surface area contributed by atoms with Crippen LogP contribution in [0.15, 0.2) is 24.3 Å². The molecule has 2 unspecified atom stereocenters. The van der Waals surface area contributed by atoms with Crippen LogP contribution in [0.25, 0.3) is 0 Å². The van der Waals surface area contributed by atoms with Crippen molar-refractivity contribution in [1.29, 1.82) is 0 Å². The second-order valence-corrected chi connectivity index (χ2v) is 4.22. The van der Waals surface area contributed by atoms with Gasteiger partial charge >= 0.3 is 11.9 Å². The number of epoxide rings is 1. The minimum atomic E-state index is -0.332. The van der Waals surface area contributed by atoms with Gasteiger partial charge in [-0.25, -0.2) is 9.59 Å². The predicted octanol–water partition coefficient (Wildman–Crippen LogP) is 1.77. The van der Waals surface area contributed by atoms with Gasteiger partial charge in [-0.2, -0.15) is 0 Å². The van der Waals surface area contributed by atoms with Crippen molar-refractivity contribution in [2.75, 3.05) is 14.2 Å². The quantitative estimate of drug-likeness (QED) is 0.381. The van der Waals surface area contributed by atoms with Crippen LogP contribution in [0.1, 0.15) is 25.7 Å². The van der Waals surface area contributed by atoms with Gasteiger partial charge in [-0.15, -0.1) is 0 Å². The van der Waals surface area contributed by atoms with E-state index in [4.69, 9.17) is 4.74 Å². The SMILES string of the molecule is COC(=O)/C=C/CCC1OC1CC/C=C/C(=O)OC. The molecule has 19 heavy (non-hydrogen) atoms. The lowest BCUT2D eigenvalue weighted by Crippen LogP contribution is -1.96. The Labute approximate surface area is 113 Å². The van der Waals surface area contributed by atoms with Crippen LogP contribution >= 0.6 is 0 Å². The second-order valence-electron chi connectivity index (χ2n) is 4.22. The molecule has 0 bridgehead atoms. The molecule has 5 nitrogen and oxygen atoms in total. The van der Waals surface area contributed by atoms with Crippen molar-refractivity contribution in [3.63, 3.8) is 0 Å². The molecule has 0 radical (unpaired) electrons. The van der Waals surface area contributed by atoms with Gasteiger partial charge in [-0.1, -0.05) is 12.2 Å². The standard InChI is InChI=1S/C14H20O5/c1-17-13(15)9-5-3-7-11-12(19-11)8-4-6-10-14(16)18-2/h5-6,9-12H,3-4,7-8H2,1-2H3/b9-5+,10-6+. The van der Waals surface area contributed by atoms with Crippen LogP contribution in [0.4, 0.5) is 0 Å². The average Bonchev–Trinajstić information content (AvgIpc) is 3.17. The molecule has 0 N–H and O–H groups in total. The fourth-order valence-corrected chi connectivity index (χ4v) is 1.70. The summed E-state index contributed by atoms with van der Waals surface area (Å²) >= 11 is 0. The van der Waals surface area contributed by atoms with E-state index in [1.165, 1.54) is 26.4 Å². The molecule has 5 heteroatoms. The largest absolute Gasteiger partial charge is 0.466 e. The number of rotatable bonds is 8. The molecular formula is C14H20O5. The van der Waals surface area contributed by atoms with Crippen molar-refractivity contribution < 1.29 is 23.8 Å². The van der Waals surface area contributed by atoms with E-state index in [0.29, 0.717) is 0 Å². The van der Waals surface area contributed by atoms with E-state index in [1.54, 1.807) is 12.2 Å². The lowest BCUT2D eigenvalue weighted by Gasteiger charge is -1.92. The third-order valence-electron chi connectivity index (χ3n) is 2.83. The van der Waals surface area contributed by atoms with Crippen LogP contribution in [0.3, 0.4) is 0 Å². The van der Waals surface area contributed by atoms with Crippen molar-refractivity contribution in [2.24, 2.45) is 0 Å². The fraction of sp³-hybridized carbons (Fsp3) is 0.571. The van der Waals surface area contributed by atoms with E-state index in [-0.39, 0.29) is 24.1 Å². The predicted molar refractivity (Wildman–Crippen MR) is 69.4 cm³/mol. The molecule has 0 aromatic rings. The van der Waals surface area contributed by atoms with Gasteiger partial charge < -0.3 is 14.2 Å². The first-order valence-corrected chi connectivity index (χ1v) is 6.31. The lowest BCUT2D eigenvalue weighted by atomic mass is 10.1. The summed E-state index contributed by atoms with van der Waals surface area (Å²) in [5.41, 5.74) is 0. The molecule has 1 rings (SSSR count). The van der Waals surface area contributed by atoms with Crippen LogP contribution in [0.5, 0.6) is 0 Å². The van der Waals surface area contributed by atoms with Gasteiger partial charge in [0, 0.05) is 12.2 Å². The Morgan fingerprint density at radius 1 is 0.947 bits per heavy atom. The molecule has 0 saturated carbocycles. The average molecular weight is 268 g/mol. The number of esters is 2. The highest BCUT2D eigenvalue weighted by Crippen LogP contribution is 2.30. The first-order valence-electron chi connectivity index (χ1n) is 6.31. The molecule has 0 aliphatic carbocycles. The van der Waals surface area contributed by atoms with E-state index in [2.05, 4.69) is 9.47 Å². The highest BCUT2D eigenvalue weighted by atomic mass is 16.6. The second kappa shape index (κ2) is 8.48. The first-order chi connectivity index (χ1) is 9.17. The molecule has 1 aliphatic heterocycles. The molecular weight excluding hydrogens is 248 g/mol. The van der Waals surface area contributed by atoms with Gasteiger partial charge in [0.2, 0.25) is 0 Å². The maximum atomic E-state index is 10.8. The number of ether oxygens (including phenoxy) is 3. The monoisotopic (exact) mass is 268 g/mol. The molecule has 0 aromatic heterocycles. The Balaban J connectivity index is 2.03. The molecule has 1 saturated heterocycles. The zero-order valence-electron chi connectivity index (χ0n) is 11.3. The third kappa shape index (κ3) is 6.76. The minimum Gasteiger partial charge on any atom is -0.466 e. The number of carbonyl (C=O) groups is 2. The summed E-state index contributed by atoms with van der Waals surface area (Å²) < 4.78 is 14.5. The number of carbonyl (C=O) groups excluding carboxylic acids is 2. The number of allylic oxidation sites excluding steroid dienone is 2. The van der Waals surface area contributed by atoms with Gasteiger partial charge in [-0.3, -0.25) is 0 Å². The molecule has 1 aliphatic rings. The highest BCUT2D eigenvalue weighted by molar-refractivity contribution is 5.81. The van der Waals surface area contributed by atoms with Crippen molar-refractivity contribution in [3.05, 3.63) is 24.3 Å². The Bertz CT molecular complexity index is 325. The van der Waals surface area contributed by atoms with Crippen LogP contribution in [-0.4, -0.2) is 38.4 Å². The van der Waals surface area contributed by atoms with Crippen LogP contribution < -0.4 is 0 Å². The Morgan fingerprint density at radius 3 is 1.74 bits per heavy atom. The maximum Gasteiger partial charge on any atom is 0.330 e. The van der Waals surface area contributed by atoms with E-state index in [0.717, 1.165) is 25.7 Å². The molecule has 0 aromatic carbocycles. The normalized spacial score (nSPS) is 21.8. The molecule has 106 valence electrons. The summed E-state index contributed by atoms with van der Waals surface area (Å²) in [7, 11) is 2.71. The summed E-state index contributed by atoms with van der Waals surface area (Å²) in [5.74, 6) is -0.664. The van der Waals surface area contributed by atoms with Crippen LogP contribution in [-0.2, 0) is 23.8 Å². The Hall–Kier alpha value is -1.62. The van der Waals surface area contributed by atoms with E-state index in [9.17, 15) is 9.59 Å². The van der Waals surface area contributed by atoms with Gasteiger partial charge in [-0.05, 0) is 25.7 Å². The number of hydrogen-bond acceptors (Lipinski definition) is 5. The van der Waals surface area contributed by atoms with Crippen molar-refractivity contribution in [2.45, 2.75) is 37.9 Å². The van der Waals surface area contributed by atoms with Crippen LogP contribution in [0, 0.1) is 0 Å². The van der Waals surface area contributed by atoms with Crippen molar-refractivity contribution in [1.82, 2.24) is 0 Å².